The molecule has 0 spiro atoms. The van der Waals surface area contributed by atoms with E-state index in [2.05, 4.69) is 52.8 Å². The summed E-state index contributed by atoms with van der Waals surface area (Å²) in [6.07, 6.45) is 14.5. The fourth-order valence-electron chi connectivity index (χ4n) is 10.2. The van der Waals surface area contributed by atoms with E-state index in [0.717, 1.165) is 41.6 Å². The predicted molar refractivity (Wildman–Crippen MR) is 337 cm³/mol. The van der Waals surface area contributed by atoms with Crippen molar-refractivity contribution < 1.29 is 56.2 Å². The number of Topliss-reactive ketones (excluding diaryl/α,β-unsaturated/α-hetero) is 3. The summed E-state index contributed by atoms with van der Waals surface area (Å²) in [6, 6.07) is 27.2. The molecule has 0 bridgehead atoms. The molecule has 1 aromatic carbocycles. The zero-order valence-corrected chi connectivity index (χ0v) is 51.2. The van der Waals surface area contributed by atoms with Crippen molar-refractivity contribution >= 4 is 95.4 Å². The van der Waals surface area contributed by atoms with Crippen molar-refractivity contribution in [3.63, 3.8) is 0 Å². The van der Waals surface area contributed by atoms with Gasteiger partial charge in [0.2, 0.25) is 0 Å². The molecule has 458 valence electrons. The van der Waals surface area contributed by atoms with Crippen LogP contribution in [0.2, 0.25) is 0 Å². The summed E-state index contributed by atoms with van der Waals surface area (Å²) in [5.74, 6) is 0.334. The number of amides is 3. The average Bonchev–Trinajstić information content (AvgIpc) is 2.23. The number of aryl methyl sites for hydroxylation is 2. The van der Waals surface area contributed by atoms with Gasteiger partial charge in [0.1, 0.15) is 37.4 Å². The van der Waals surface area contributed by atoms with Gasteiger partial charge in [0.15, 0.2) is 50.0 Å². The first kappa shape index (κ1) is 61.7. The van der Waals surface area contributed by atoms with Gasteiger partial charge in [-0.1, -0.05) is 72.5 Å². The molecular weight excluding hydrogens is 1190 g/mol. The summed E-state index contributed by atoms with van der Waals surface area (Å²) in [4.78, 5) is 104. The first-order valence-electron chi connectivity index (χ1n) is 29.4. The molecule has 3 aliphatic heterocycles. The molecule has 3 aliphatic rings. The second kappa shape index (κ2) is 29.4. The van der Waals surface area contributed by atoms with Gasteiger partial charge >= 0.3 is 0 Å². The van der Waals surface area contributed by atoms with Crippen molar-refractivity contribution in [2.24, 2.45) is 17.8 Å². The number of benzene rings is 1. The maximum Gasteiger partial charge on any atom is 0.273 e. The lowest BCUT2D eigenvalue weighted by molar-refractivity contribution is 0.0546. The topological polar surface area (TPSA) is 286 Å². The van der Waals surface area contributed by atoms with E-state index in [1.54, 1.807) is 79.5 Å². The van der Waals surface area contributed by atoms with Crippen LogP contribution in [-0.2, 0) is 27.1 Å². The number of ketones is 3. The number of carbonyl (C=O) groups is 6. The van der Waals surface area contributed by atoms with Gasteiger partial charge in [-0.25, -0.2) is 15.0 Å². The Hall–Kier alpha value is -8.91. The SMILES string of the molecule is CCCc1ccc(C(=O)Nc2nc(-c3ccco3)c(C(=O)C3CCOCC3)s2)cn1.CCc1ccc(C(=O)Nc2nc(-c3ccco3)c(C(=O)C3CCOCC3)s2)cn1.O=C(Nc1nc(-c2ccco2)c(C(=O)C2CCOCC2)s1)c1cc2ccccc2[nH]1. The van der Waals surface area contributed by atoms with Crippen LogP contribution in [0.4, 0.5) is 15.4 Å². The van der Waals surface area contributed by atoms with Gasteiger partial charge in [-0.05, 0) is 124 Å². The number of anilines is 3. The Kier molecular flexibility index (Phi) is 20.4. The van der Waals surface area contributed by atoms with Crippen LogP contribution in [0.15, 0.2) is 135 Å². The van der Waals surface area contributed by atoms with Gasteiger partial charge in [0, 0.05) is 92.1 Å². The summed E-state index contributed by atoms with van der Waals surface area (Å²) in [5.41, 5.74) is 5.47. The highest BCUT2D eigenvalue weighted by molar-refractivity contribution is 7.19. The number of thiazole rings is 3. The first-order valence-corrected chi connectivity index (χ1v) is 31.9. The highest BCUT2D eigenvalue weighted by Gasteiger charge is 2.33. The number of para-hydroxylation sites is 1. The molecular formula is C65H63N9O12S3. The third-order valence-electron chi connectivity index (χ3n) is 15.1. The lowest BCUT2D eigenvalue weighted by atomic mass is 9.94. The van der Waals surface area contributed by atoms with Crippen molar-refractivity contribution in [3.05, 3.63) is 165 Å². The van der Waals surface area contributed by atoms with Crippen LogP contribution in [0.1, 0.15) is 130 Å². The smallest absolute Gasteiger partial charge is 0.273 e. The molecule has 3 amide bonds. The monoisotopic (exact) mass is 1260 g/mol. The van der Waals surface area contributed by atoms with Crippen LogP contribution < -0.4 is 16.0 Å². The molecule has 0 radical (unpaired) electrons. The van der Waals surface area contributed by atoms with E-state index in [9.17, 15) is 28.8 Å². The minimum Gasteiger partial charge on any atom is -0.463 e. The van der Waals surface area contributed by atoms with E-state index in [0.29, 0.717) is 159 Å². The minimum absolute atomic E-state index is 0.0201. The molecule has 4 N–H and O–H groups in total. The Labute approximate surface area is 523 Å². The molecule has 0 aliphatic carbocycles. The fraction of sp³-hybridized carbons (Fsp3) is 0.308. The van der Waals surface area contributed by atoms with Gasteiger partial charge in [-0.15, -0.1) is 0 Å². The Bertz CT molecular complexity index is 3990. The largest absolute Gasteiger partial charge is 0.463 e. The maximum atomic E-state index is 13.2. The van der Waals surface area contributed by atoms with Crippen LogP contribution in [0.3, 0.4) is 0 Å². The van der Waals surface area contributed by atoms with Crippen molar-refractivity contribution in [2.75, 3.05) is 55.6 Å². The lowest BCUT2D eigenvalue weighted by Crippen LogP contribution is -2.23. The summed E-state index contributed by atoms with van der Waals surface area (Å²) < 4.78 is 32.6. The van der Waals surface area contributed by atoms with Gasteiger partial charge in [0.25, 0.3) is 17.7 Å². The number of hydrogen-bond acceptors (Lipinski definition) is 20. The van der Waals surface area contributed by atoms with Gasteiger partial charge in [-0.3, -0.25) is 54.7 Å². The predicted octanol–water partition coefficient (Wildman–Crippen LogP) is 13.6. The quantitative estimate of drug-likeness (QED) is 0.0581. The summed E-state index contributed by atoms with van der Waals surface area (Å²) in [6.45, 7) is 7.56. The van der Waals surface area contributed by atoms with Crippen LogP contribution in [0.25, 0.3) is 45.3 Å². The number of nitrogens with zero attached hydrogens (tertiary/aromatic N) is 5. The molecule has 12 heterocycles. The highest BCUT2D eigenvalue weighted by atomic mass is 32.1. The van der Waals surface area contributed by atoms with Crippen molar-refractivity contribution in [1.29, 1.82) is 0 Å². The number of aromatic nitrogens is 6. The number of ether oxygens (including phenoxy) is 3. The first-order chi connectivity index (χ1) is 43.5. The fourth-order valence-corrected chi connectivity index (χ4v) is 13.2. The number of carbonyl (C=O) groups excluding carboxylic acids is 6. The number of H-pyrrole nitrogens is 1. The van der Waals surface area contributed by atoms with Crippen LogP contribution in [0.5, 0.6) is 0 Å². The molecule has 9 aromatic heterocycles. The molecule has 0 saturated carbocycles. The molecule has 0 atom stereocenters. The van der Waals surface area contributed by atoms with Crippen LogP contribution >= 0.6 is 34.0 Å². The second-order valence-corrected chi connectivity index (χ2v) is 24.1. The molecule has 3 fully saturated rings. The van der Waals surface area contributed by atoms with E-state index in [4.69, 9.17) is 27.5 Å². The molecule has 13 rings (SSSR count). The Morgan fingerprint density at radius 2 is 0.899 bits per heavy atom. The average molecular weight is 1260 g/mol. The number of rotatable bonds is 18. The molecule has 10 aromatic rings. The van der Waals surface area contributed by atoms with Crippen LogP contribution in [-0.4, -0.2) is 105 Å². The zero-order chi connectivity index (χ0) is 61.6. The van der Waals surface area contributed by atoms with Crippen molar-refractivity contribution in [2.45, 2.75) is 71.6 Å². The highest BCUT2D eigenvalue weighted by Crippen LogP contribution is 2.39. The van der Waals surface area contributed by atoms with E-state index in [-0.39, 0.29) is 52.8 Å². The van der Waals surface area contributed by atoms with E-state index >= 15 is 0 Å². The molecule has 21 nitrogen and oxygen atoms in total. The Morgan fingerprint density at radius 3 is 1.26 bits per heavy atom. The zero-order valence-electron chi connectivity index (χ0n) is 48.7. The molecule has 24 heteroatoms. The third-order valence-corrected chi connectivity index (χ3v) is 18.0. The minimum atomic E-state index is -0.315. The molecule has 89 heavy (non-hydrogen) atoms. The summed E-state index contributed by atoms with van der Waals surface area (Å²) in [7, 11) is 0. The van der Waals surface area contributed by atoms with Gasteiger partial charge in [-0.2, -0.15) is 0 Å². The Morgan fingerprint density at radius 1 is 0.494 bits per heavy atom. The molecule has 3 saturated heterocycles. The number of furan rings is 3. The Balaban J connectivity index is 0.000000138. The number of fused-ring (bicyclic) bond motifs is 1. The number of hydrogen-bond donors (Lipinski definition) is 4. The van der Waals surface area contributed by atoms with Crippen molar-refractivity contribution in [1.82, 2.24) is 29.9 Å². The number of aromatic amines is 1. The van der Waals surface area contributed by atoms with Crippen molar-refractivity contribution in [3.8, 4) is 34.4 Å². The number of nitrogens with one attached hydrogen (secondary N) is 4. The maximum absolute atomic E-state index is 13.2. The normalized spacial score (nSPS) is 14.7. The third kappa shape index (κ3) is 15.2. The van der Waals surface area contributed by atoms with E-state index in [1.165, 1.54) is 40.3 Å². The lowest BCUT2D eigenvalue weighted by Gasteiger charge is -2.20. The van der Waals surface area contributed by atoms with Gasteiger partial charge in [0.05, 0.1) is 29.9 Å². The summed E-state index contributed by atoms with van der Waals surface area (Å²) in [5, 5.41) is 10.4. The summed E-state index contributed by atoms with van der Waals surface area (Å²) >= 11 is 3.54. The van der Waals surface area contributed by atoms with Crippen LogP contribution in [0, 0.1) is 17.8 Å². The van der Waals surface area contributed by atoms with Gasteiger partial charge < -0.3 is 32.4 Å². The molecule has 0 unspecified atom stereocenters. The second-order valence-electron chi connectivity index (χ2n) is 21.1. The van der Waals surface area contributed by atoms with E-state index < -0.39 is 0 Å². The number of pyridine rings is 2. The van der Waals surface area contributed by atoms with E-state index in [1.807, 2.05) is 43.3 Å². The standard InChI is InChI=1S/C22H19N3O4S.C22H23N3O4S.C21H21N3O4S/c26-19(13-7-10-28-11-8-13)20-18(17-6-3-9-29-17)24-22(30-20)25-21(27)16-12-14-4-1-2-5-15(14)23-16;1-2-4-16-7-6-15(13-23-16)21(27)25-22-24-18(17-5-3-10-29-17)20(30-22)19(26)14-8-11-28-12-9-14;1-2-15-6-5-14(12-22-15)20(26)24-21-23-17(16-4-3-9-28-16)19(29-21)18(25)13-7-10-27-11-8-13/h1-6,9,12-13,23H,7-8,10-11H2,(H,24,25,27);3,5-7,10,13-14H,2,4,8-9,11-12H2,1H3,(H,24,25,27);3-6,9,12-13H,2,7-8,10-11H2,1H3,(H,23,24,26).